The van der Waals surface area contributed by atoms with Gasteiger partial charge in [0.2, 0.25) is 17.7 Å². The van der Waals surface area contributed by atoms with E-state index in [1.165, 1.54) is 37.3 Å². The SMILES string of the molecule is Cc1cc(CNc2nc(F)nc(Nc3cc(Nc4ncnc(F)c4F)ccc3S(=O)(=O)O)n2)c(Nc2cc(S(=O)(=O)O)c(N)c3c2C(=O)c2ccccc2C3=O)c(S(=O)(=O)O)c1. The fraction of sp³-hybridized carbons (Fsp3) is 0.0571. The molecule has 1 aliphatic rings. The first-order valence-corrected chi connectivity index (χ1v) is 21.3. The van der Waals surface area contributed by atoms with Crippen LogP contribution in [0, 0.1) is 24.8 Å². The summed E-state index contributed by atoms with van der Waals surface area (Å²) >= 11 is 0. The van der Waals surface area contributed by atoms with Crippen LogP contribution in [-0.4, -0.2) is 75.4 Å². The highest BCUT2D eigenvalue weighted by Crippen LogP contribution is 2.42. The molecule has 0 unspecified atom stereocenters. The van der Waals surface area contributed by atoms with E-state index in [1.54, 1.807) is 0 Å². The summed E-state index contributed by atoms with van der Waals surface area (Å²) in [7, 11) is -15.4. The van der Waals surface area contributed by atoms with Crippen molar-refractivity contribution in [3.8, 4) is 0 Å². The van der Waals surface area contributed by atoms with Crippen LogP contribution in [-0.2, 0) is 36.9 Å². The Morgan fingerprint density at radius 3 is 1.95 bits per heavy atom. The summed E-state index contributed by atoms with van der Waals surface area (Å²) in [4.78, 5) is 42.5. The van der Waals surface area contributed by atoms with Crippen molar-refractivity contribution >= 4 is 88.1 Å². The zero-order valence-electron chi connectivity index (χ0n) is 30.8. The maximum Gasteiger partial charge on any atom is 0.315 e. The summed E-state index contributed by atoms with van der Waals surface area (Å²) < 4.78 is 148. The van der Waals surface area contributed by atoms with Crippen LogP contribution in [0.3, 0.4) is 0 Å². The number of nitrogens with zero attached hydrogens (tertiary/aromatic N) is 5. The first-order valence-electron chi connectivity index (χ1n) is 17.0. The summed E-state index contributed by atoms with van der Waals surface area (Å²) in [6, 6.07) is 11.3. The highest BCUT2D eigenvalue weighted by molar-refractivity contribution is 7.86. The Bertz CT molecular complexity index is 3270. The number of hydrogen-bond acceptors (Lipinski definition) is 18. The van der Waals surface area contributed by atoms with E-state index in [-0.39, 0.29) is 27.9 Å². The highest BCUT2D eigenvalue weighted by Gasteiger charge is 2.37. The van der Waals surface area contributed by atoms with Crippen LogP contribution in [0.1, 0.15) is 43.0 Å². The molecule has 0 saturated carbocycles. The third-order valence-corrected chi connectivity index (χ3v) is 11.6. The van der Waals surface area contributed by atoms with Gasteiger partial charge >= 0.3 is 6.08 Å². The maximum atomic E-state index is 14.9. The molecule has 7 rings (SSSR count). The molecule has 27 heteroatoms. The number of anilines is 8. The number of aromatic nitrogens is 5. The topological polar surface area (TPSA) is 336 Å². The highest BCUT2D eigenvalue weighted by atomic mass is 32.2. The molecular weight excluding hydrogens is 890 g/mol. The lowest BCUT2D eigenvalue weighted by atomic mass is 9.82. The lowest BCUT2D eigenvalue weighted by molar-refractivity contribution is 0.0980. The van der Waals surface area contributed by atoms with Crippen LogP contribution in [0.25, 0.3) is 0 Å². The van der Waals surface area contributed by atoms with Crippen LogP contribution in [0.2, 0.25) is 0 Å². The molecule has 0 spiro atoms. The molecule has 320 valence electrons. The number of ketones is 2. The van der Waals surface area contributed by atoms with E-state index in [0.717, 1.165) is 24.3 Å². The molecule has 21 nitrogen and oxygen atoms in total. The minimum atomic E-state index is -5.22. The third-order valence-electron chi connectivity index (χ3n) is 8.90. The lowest BCUT2D eigenvalue weighted by Gasteiger charge is -2.25. The Balaban J connectivity index is 1.28. The summed E-state index contributed by atoms with van der Waals surface area (Å²) in [6.07, 6.45) is -0.789. The fourth-order valence-corrected chi connectivity index (χ4v) is 8.38. The first-order chi connectivity index (χ1) is 29.0. The van der Waals surface area contributed by atoms with Gasteiger partial charge in [-0.3, -0.25) is 23.2 Å². The van der Waals surface area contributed by atoms with E-state index in [4.69, 9.17) is 5.73 Å². The number of carbonyl (C=O) groups excluding carboxylic acids is 2. The van der Waals surface area contributed by atoms with Crippen LogP contribution in [0.4, 0.5) is 59.3 Å². The second-order valence-electron chi connectivity index (χ2n) is 13.0. The van der Waals surface area contributed by atoms with Crippen LogP contribution in [0.5, 0.6) is 0 Å². The second-order valence-corrected chi connectivity index (χ2v) is 17.2. The quantitative estimate of drug-likeness (QED) is 0.0480. The van der Waals surface area contributed by atoms with E-state index in [1.807, 2.05) is 0 Å². The molecule has 62 heavy (non-hydrogen) atoms. The van der Waals surface area contributed by atoms with Gasteiger partial charge in [-0.15, -0.1) is 0 Å². The van der Waals surface area contributed by atoms with Crippen molar-refractivity contribution < 1.29 is 61.7 Å². The second kappa shape index (κ2) is 15.7. The summed E-state index contributed by atoms with van der Waals surface area (Å²) in [5.74, 6) is -6.76. The molecule has 1 aliphatic carbocycles. The molecule has 9 N–H and O–H groups in total. The van der Waals surface area contributed by atoms with Crippen LogP contribution >= 0.6 is 0 Å². The average Bonchev–Trinajstić information content (AvgIpc) is 3.17. The predicted molar refractivity (Wildman–Crippen MR) is 210 cm³/mol. The third kappa shape index (κ3) is 8.42. The van der Waals surface area contributed by atoms with Crippen molar-refractivity contribution in [2.24, 2.45) is 0 Å². The van der Waals surface area contributed by atoms with E-state index in [0.29, 0.717) is 12.4 Å². The monoisotopic (exact) mass is 914 g/mol. The number of nitrogen functional groups attached to an aromatic ring is 1. The van der Waals surface area contributed by atoms with Crippen molar-refractivity contribution in [1.82, 2.24) is 24.9 Å². The Hall–Kier alpha value is -7.17. The largest absolute Gasteiger partial charge is 0.397 e. The molecule has 0 saturated heterocycles. The van der Waals surface area contributed by atoms with Gasteiger partial charge in [-0.05, 0) is 48.4 Å². The van der Waals surface area contributed by atoms with Gasteiger partial charge in [-0.2, -0.15) is 53.4 Å². The van der Waals surface area contributed by atoms with Gasteiger partial charge in [-0.25, -0.2) is 9.97 Å². The van der Waals surface area contributed by atoms with Crippen molar-refractivity contribution in [3.05, 3.63) is 118 Å². The van der Waals surface area contributed by atoms with E-state index >= 15 is 0 Å². The van der Waals surface area contributed by atoms with Crippen molar-refractivity contribution in [1.29, 1.82) is 0 Å². The minimum absolute atomic E-state index is 0.122. The summed E-state index contributed by atoms with van der Waals surface area (Å²) in [5.41, 5.74) is 2.14. The normalized spacial score (nSPS) is 12.7. The standard InChI is InChI=1S/C35H25F3N10O11S3/c1-14-8-15(12-40-34-46-33(38)47-35(48-34)45-19-10-16(6-7-21(19)60(51,52)53)43-32-26(36)31(37)41-13-42-32)28(23(9-14)62(57,58)59)44-20-11-22(61(54,55)56)27(39)25-24(20)29(49)17-4-2-3-5-18(17)30(25)50/h2-11,13,44H,12,39H2,1H3,(H,41,42,43)(H,51,52,53)(H,54,55,56)(H,57,58,59)(H2,40,45,46,47,48). The van der Waals surface area contributed by atoms with Gasteiger partial charge in [0, 0.05) is 23.4 Å². The number of halogens is 3. The number of benzene rings is 4. The number of nitrogens with two attached hydrogens (primary N) is 1. The zero-order chi connectivity index (χ0) is 45.1. The van der Waals surface area contributed by atoms with Crippen molar-refractivity contribution in [3.63, 3.8) is 0 Å². The average molecular weight is 915 g/mol. The smallest absolute Gasteiger partial charge is 0.315 e. The molecule has 4 aromatic carbocycles. The molecule has 0 atom stereocenters. The summed E-state index contributed by atoms with van der Waals surface area (Å²) in [5, 5.41) is 9.95. The fourth-order valence-electron chi connectivity index (χ4n) is 6.33. The molecular formula is C35H25F3N10O11S3. The molecule has 0 aliphatic heterocycles. The van der Waals surface area contributed by atoms with Gasteiger partial charge < -0.3 is 27.0 Å². The molecule has 0 fully saturated rings. The van der Waals surface area contributed by atoms with E-state index < -0.39 is 133 Å². The summed E-state index contributed by atoms with van der Waals surface area (Å²) in [6.45, 7) is 0.836. The van der Waals surface area contributed by atoms with Gasteiger partial charge in [-0.1, -0.05) is 30.3 Å². The number of aryl methyl sites for hydroxylation is 1. The molecule has 0 radical (unpaired) electrons. The maximum absolute atomic E-state index is 14.9. The van der Waals surface area contributed by atoms with Gasteiger partial charge in [0.1, 0.15) is 21.0 Å². The molecule has 2 heterocycles. The first kappa shape index (κ1) is 42.9. The Morgan fingerprint density at radius 1 is 0.677 bits per heavy atom. The predicted octanol–water partition coefficient (Wildman–Crippen LogP) is 4.33. The van der Waals surface area contributed by atoms with Gasteiger partial charge in [0.05, 0.1) is 33.9 Å². The Kier molecular flexibility index (Phi) is 10.9. The van der Waals surface area contributed by atoms with Gasteiger partial charge in [0.15, 0.2) is 17.4 Å². The lowest BCUT2D eigenvalue weighted by Crippen LogP contribution is -2.25. The van der Waals surface area contributed by atoms with Crippen LogP contribution < -0.4 is 27.0 Å². The minimum Gasteiger partial charge on any atom is -0.397 e. The molecule has 2 aromatic heterocycles. The van der Waals surface area contributed by atoms with Crippen molar-refractivity contribution in [2.45, 2.75) is 28.2 Å². The molecule has 6 aromatic rings. The molecule has 0 amide bonds. The number of nitrogens with one attached hydrogen (secondary N) is 4. The van der Waals surface area contributed by atoms with E-state index in [2.05, 4.69) is 46.2 Å². The molecule has 0 bridgehead atoms. The van der Waals surface area contributed by atoms with Gasteiger partial charge in [0.25, 0.3) is 36.3 Å². The van der Waals surface area contributed by atoms with E-state index in [9.17, 15) is 61.7 Å². The number of fused-ring (bicyclic) bond motifs is 2. The number of hydrogen-bond donors (Lipinski definition) is 8. The number of rotatable bonds is 12. The number of carbonyl (C=O) groups is 2. The Labute approximate surface area is 347 Å². The Morgan fingerprint density at radius 2 is 1.31 bits per heavy atom. The van der Waals surface area contributed by atoms with Crippen molar-refractivity contribution in [2.75, 3.05) is 27.0 Å². The zero-order valence-corrected chi connectivity index (χ0v) is 33.3. The van der Waals surface area contributed by atoms with Crippen LogP contribution in [0.15, 0.2) is 81.7 Å².